The molecule has 1 aliphatic rings. The first-order valence-corrected chi connectivity index (χ1v) is 6.38. The van der Waals surface area contributed by atoms with Gasteiger partial charge in [0.2, 0.25) is 6.29 Å². The Kier molecular flexibility index (Phi) is 4.84. The Hall–Kier alpha value is -1.91. The molecule has 1 aliphatic heterocycles. The number of rotatable bonds is 4. The quantitative estimate of drug-likeness (QED) is 0.380. The molecule has 1 heterocycles. The van der Waals surface area contributed by atoms with Crippen LogP contribution in [-0.4, -0.2) is 73.9 Å². The maximum atomic E-state index is 10.9. The van der Waals surface area contributed by atoms with E-state index in [0.29, 0.717) is 0 Å². The highest BCUT2D eigenvalue weighted by Gasteiger charge is 2.44. The van der Waals surface area contributed by atoms with Crippen LogP contribution in [0.1, 0.15) is 10.4 Å². The van der Waals surface area contributed by atoms with Gasteiger partial charge in [-0.1, -0.05) is 0 Å². The molecule has 5 atom stereocenters. The van der Waals surface area contributed by atoms with Gasteiger partial charge < -0.3 is 40.1 Å². The average Bonchev–Trinajstić information content (AvgIpc) is 2.49. The summed E-state index contributed by atoms with van der Waals surface area (Å²) >= 11 is 0. The summed E-state index contributed by atoms with van der Waals surface area (Å²) in [6, 6.07) is 3.25. The van der Waals surface area contributed by atoms with Gasteiger partial charge in [-0.25, -0.2) is 4.79 Å². The first-order valence-electron chi connectivity index (χ1n) is 6.38. The van der Waals surface area contributed by atoms with E-state index in [-0.39, 0.29) is 11.3 Å². The highest BCUT2D eigenvalue weighted by atomic mass is 16.7. The molecule has 0 saturated carbocycles. The highest BCUT2D eigenvalue weighted by molar-refractivity contribution is 5.88. The molecule has 0 radical (unpaired) electrons. The molecule has 6 N–H and O–H groups in total. The predicted octanol–water partition coefficient (Wildman–Crippen LogP) is -1.73. The third kappa shape index (κ3) is 3.13. The predicted molar refractivity (Wildman–Crippen MR) is 69.5 cm³/mol. The molecule has 1 saturated heterocycles. The largest absolute Gasteiger partial charge is 0.504 e. The number of hydrogen-bond acceptors (Lipinski definition) is 8. The minimum Gasteiger partial charge on any atom is -0.504 e. The lowest BCUT2D eigenvalue weighted by Gasteiger charge is -2.39. The molecule has 0 aromatic heterocycles. The number of aliphatic hydroxyl groups is 4. The number of aromatic hydroxyl groups is 1. The summed E-state index contributed by atoms with van der Waals surface area (Å²) in [7, 11) is 0. The zero-order valence-electron chi connectivity index (χ0n) is 11.2. The van der Waals surface area contributed by atoms with E-state index in [1.165, 1.54) is 0 Å². The van der Waals surface area contributed by atoms with Crippen LogP contribution in [0.4, 0.5) is 0 Å². The lowest BCUT2D eigenvalue weighted by atomic mass is 9.99. The van der Waals surface area contributed by atoms with E-state index in [0.717, 1.165) is 18.2 Å². The van der Waals surface area contributed by atoms with E-state index < -0.39 is 49.0 Å². The van der Waals surface area contributed by atoms with Gasteiger partial charge in [0.05, 0.1) is 12.2 Å². The fourth-order valence-electron chi connectivity index (χ4n) is 2.03. The van der Waals surface area contributed by atoms with Gasteiger partial charge in [-0.2, -0.15) is 0 Å². The van der Waals surface area contributed by atoms with Gasteiger partial charge in [0.1, 0.15) is 24.4 Å². The SMILES string of the molecule is O=C(O)c1ccc(O)c(OC2OC(CO)C(O)C(O)C2O)c1. The van der Waals surface area contributed by atoms with Crippen molar-refractivity contribution in [2.75, 3.05) is 6.61 Å². The van der Waals surface area contributed by atoms with Crippen LogP contribution in [0.3, 0.4) is 0 Å². The van der Waals surface area contributed by atoms with Gasteiger partial charge in [-0.3, -0.25) is 0 Å². The first-order chi connectivity index (χ1) is 10.3. The minimum atomic E-state index is -1.66. The minimum absolute atomic E-state index is 0.169. The molecule has 1 fully saturated rings. The third-order valence-electron chi connectivity index (χ3n) is 3.30. The van der Waals surface area contributed by atoms with Crippen LogP contribution in [0.2, 0.25) is 0 Å². The van der Waals surface area contributed by atoms with Crippen molar-refractivity contribution in [1.82, 2.24) is 0 Å². The Bertz CT molecular complexity index is 544. The summed E-state index contributed by atoms with van der Waals surface area (Å²) in [5, 5.41) is 56.7. The smallest absolute Gasteiger partial charge is 0.335 e. The molecule has 0 bridgehead atoms. The second-order valence-electron chi connectivity index (χ2n) is 4.80. The van der Waals surface area contributed by atoms with Crippen molar-refractivity contribution in [1.29, 1.82) is 0 Å². The number of benzene rings is 1. The van der Waals surface area contributed by atoms with Gasteiger partial charge >= 0.3 is 5.97 Å². The molecule has 1 aromatic carbocycles. The van der Waals surface area contributed by atoms with Gasteiger partial charge in [-0.05, 0) is 18.2 Å². The standard InChI is InChI=1S/C13H16O9/c14-4-8-9(16)10(17)11(18)13(22-8)21-7-3-5(12(19)20)1-2-6(7)15/h1-3,8-11,13-18H,4H2,(H,19,20). The van der Waals surface area contributed by atoms with E-state index in [1.54, 1.807) is 0 Å². The normalized spacial score (nSPS) is 31.7. The number of hydrogen-bond donors (Lipinski definition) is 6. The van der Waals surface area contributed by atoms with Crippen molar-refractivity contribution in [2.45, 2.75) is 30.7 Å². The van der Waals surface area contributed by atoms with E-state index in [9.17, 15) is 25.2 Å². The summed E-state index contributed by atoms with van der Waals surface area (Å²) < 4.78 is 10.3. The summed E-state index contributed by atoms with van der Waals surface area (Å²) in [5.74, 6) is -1.94. The monoisotopic (exact) mass is 316 g/mol. The second kappa shape index (κ2) is 6.46. The van der Waals surface area contributed by atoms with Crippen LogP contribution < -0.4 is 4.74 Å². The number of carboxylic acid groups (broad SMARTS) is 1. The maximum Gasteiger partial charge on any atom is 0.335 e. The van der Waals surface area contributed by atoms with Crippen LogP contribution in [0.15, 0.2) is 18.2 Å². The number of phenolic OH excluding ortho intramolecular Hbond substituents is 1. The molecule has 2 rings (SSSR count). The van der Waals surface area contributed by atoms with Crippen molar-refractivity contribution in [2.24, 2.45) is 0 Å². The van der Waals surface area contributed by atoms with Crippen LogP contribution in [0.25, 0.3) is 0 Å². The Morgan fingerprint density at radius 1 is 1.18 bits per heavy atom. The summed E-state index contributed by atoms with van der Waals surface area (Å²) in [4.78, 5) is 10.9. The van der Waals surface area contributed by atoms with Gasteiger partial charge in [0.15, 0.2) is 11.5 Å². The summed E-state index contributed by atoms with van der Waals surface area (Å²) in [6.07, 6.45) is -7.52. The molecule has 22 heavy (non-hydrogen) atoms. The Balaban J connectivity index is 2.22. The van der Waals surface area contributed by atoms with E-state index >= 15 is 0 Å². The van der Waals surface area contributed by atoms with Crippen LogP contribution in [-0.2, 0) is 4.74 Å². The van der Waals surface area contributed by atoms with E-state index in [2.05, 4.69) is 0 Å². The molecule has 0 aliphatic carbocycles. The lowest BCUT2D eigenvalue weighted by molar-refractivity contribution is -0.277. The number of phenols is 1. The fraction of sp³-hybridized carbons (Fsp3) is 0.462. The molecule has 9 nitrogen and oxygen atoms in total. The molecule has 0 amide bonds. The fourth-order valence-corrected chi connectivity index (χ4v) is 2.03. The molecule has 0 spiro atoms. The van der Waals surface area contributed by atoms with E-state index in [1.807, 2.05) is 0 Å². The van der Waals surface area contributed by atoms with Crippen LogP contribution >= 0.6 is 0 Å². The Labute approximate surface area is 124 Å². The van der Waals surface area contributed by atoms with Crippen LogP contribution in [0, 0.1) is 0 Å². The number of aromatic carboxylic acids is 1. The van der Waals surface area contributed by atoms with Gasteiger partial charge in [-0.15, -0.1) is 0 Å². The lowest BCUT2D eigenvalue weighted by Crippen LogP contribution is -2.60. The van der Waals surface area contributed by atoms with Crippen molar-refractivity contribution >= 4 is 5.97 Å². The topological polar surface area (TPSA) is 157 Å². The number of carbonyl (C=O) groups is 1. The highest BCUT2D eigenvalue weighted by Crippen LogP contribution is 2.31. The molecule has 1 aromatic rings. The van der Waals surface area contributed by atoms with Crippen LogP contribution in [0.5, 0.6) is 11.5 Å². The van der Waals surface area contributed by atoms with Gasteiger partial charge in [0.25, 0.3) is 0 Å². The molecule has 9 heteroatoms. The number of ether oxygens (including phenoxy) is 2. The molecular formula is C13H16O9. The first kappa shape index (κ1) is 16.5. The molecule has 122 valence electrons. The zero-order chi connectivity index (χ0) is 16.4. The average molecular weight is 316 g/mol. The second-order valence-corrected chi connectivity index (χ2v) is 4.80. The maximum absolute atomic E-state index is 10.9. The molecular weight excluding hydrogens is 300 g/mol. The van der Waals surface area contributed by atoms with Crippen molar-refractivity contribution in [3.8, 4) is 11.5 Å². The van der Waals surface area contributed by atoms with Crippen molar-refractivity contribution < 1.29 is 44.9 Å². The van der Waals surface area contributed by atoms with Crippen molar-refractivity contribution in [3.63, 3.8) is 0 Å². The Morgan fingerprint density at radius 3 is 2.45 bits per heavy atom. The van der Waals surface area contributed by atoms with Crippen molar-refractivity contribution in [3.05, 3.63) is 23.8 Å². The summed E-state index contributed by atoms with van der Waals surface area (Å²) in [5.41, 5.74) is -0.169. The Morgan fingerprint density at radius 2 is 1.86 bits per heavy atom. The number of aliphatic hydroxyl groups excluding tert-OH is 4. The third-order valence-corrected chi connectivity index (χ3v) is 3.30. The zero-order valence-corrected chi connectivity index (χ0v) is 11.2. The number of carboxylic acids is 1. The van der Waals surface area contributed by atoms with E-state index in [4.69, 9.17) is 19.7 Å². The molecule has 5 unspecified atom stereocenters. The van der Waals surface area contributed by atoms with Gasteiger partial charge in [0, 0.05) is 0 Å². The summed E-state index contributed by atoms with van der Waals surface area (Å²) in [6.45, 7) is -0.633.